The number of piperazine rings is 1. The van der Waals surface area contributed by atoms with Gasteiger partial charge < -0.3 is 15.2 Å². The number of hydrogen-bond acceptors (Lipinski definition) is 4. The van der Waals surface area contributed by atoms with Gasteiger partial charge in [0.05, 0.1) is 12.7 Å². The number of aliphatic hydroxyl groups excluding tert-OH is 1. The van der Waals surface area contributed by atoms with E-state index in [0.29, 0.717) is 13.2 Å². The van der Waals surface area contributed by atoms with E-state index in [4.69, 9.17) is 4.74 Å². The lowest BCUT2D eigenvalue weighted by atomic mass is 9.98. The molecule has 0 amide bonds. The first kappa shape index (κ1) is 15.3. The maximum atomic E-state index is 10.6. The van der Waals surface area contributed by atoms with E-state index in [1.165, 1.54) is 0 Å². The SMILES string of the molecule is CCOc1c(C)ccc(C)c1C(O)CN1CCNCC1. The number of aliphatic hydroxyl groups is 1. The van der Waals surface area contributed by atoms with E-state index < -0.39 is 6.10 Å². The van der Waals surface area contributed by atoms with Gasteiger partial charge in [-0.15, -0.1) is 0 Å². The van der Waals surface area contributed by atoms with Crippen molar-refractivity contribution in [2.75, 3.05) is 39.3 Å². The molecule has 112 valence electrons. The number of β-amino-alcohol motifs (C(OH)–C–C–N with tert-alkyl or cyclic N) is 1. The van der Waals surface area contributed by atoms with Crippen molar-refractivity contribution in [1.29, 1.82) is 0 Å². The van der Waals surface area contributed by atoms with E-state index >= 15 is 0 Å². The second kappa shape index (κ2) is 7.07. The Kier molecular flexibility index (Phi) is 5.40. The Morgan fingerprint density at radius 2 is 1.90 bits per heavy atom. The summed E-state index contributed by atoms with van der Waals surface area (Å²) in [7, 11) is 0. The van der Waals surface area contributed by atoms with Gasteiger partial charge in [0.15, 0.2) is 0 Å². The second-order valence-electron chi connectivity index (χ2n) is 5.44. The Labute approximate surface area is 121 Å². The van der Waals surface area contributed by atoms with Crippen LogP contribution in [-0.4, -0.2) is 49.3 Å². The number of nitrogens with one attached hydrogen (secondary N) is 1. The molecule has 4 nitrogen and oxygen atoms in total. The number of aryl methyl sites for hydroxylation is 2. The Balaban J connectivity index is 2.18. The zero-order valence-electron chi connectivity index (χ0n) is 12.8. The molecule has 1 unspecified atom stereocenters. The fraction of sp³-hybridized carbons (Fsp3) is 0.625. The predicted molar refractivity (Wildman–Crippen MR) is 81.4 cm³/mol. The Bertz CT molecular complexity index is 442. The zero-order valence-corrected chi connectivity index (χ0v) is 12.8. The molecule has 20 heavy (non-hydrogen) atoms. The average Bonchev–Trinajstić information content (AvgIpc) is 2.44. The van der Waals surface area contributed by atoms with Crippen molar-refractivity contribution in [3.63, 3.8) is 0 Å². The summed E-state index contributed by atoms with van der Waals surface area (Å²) in [5.74, 6) is 0.857. The Morgan fingerprint density at radius 3 is 2.55 bits per heavy atom. The van der Waals surface area contributed by atoms with Crippen LogP contribution >= 0.6 is 0 Å². The minimum atomic E-state index is -0.491. The van der Waals surface area contributed by atoms with Crippen LogP contribution in [0.5, 0.6) is 5.75 Å². The molecule has 2 N–H and O–H groups in total. The molecule has 4 heteroatoms. The quantitative estimate of drug-likeness (QED) is 0.859. The topological polar surface area (TPSA) is 44.7 Å². The van der Waals surface area contributed by atoms with Crippen LogP contribution in [0, 0.1) is 13.8 Å². The van der Waals surface area contributed by atoms with Crippen molar-refractivity contribution >= 4 is 0 Å². The molecule has 1 aromatic rings. The molecule has 1 atom stereocenters. The monoisotopic (exact) mass is 278 g/mol. The highest BCUT2D eigenvalue weighted by molar-refractivity contribution is 5.47. The van der Waals surface area contributed by atoms with Crippen LogP contribution in [0.25, 0.3) is 0 Å². The predicted octanol–water partition coefficient (Wildman–Crippen LogP) is 1.64. The smallest absolute Gasteiger partial charge is 0.128 e. The van der Waals surface area contributed by atoms with E-state index in [2.05, 4.69) is 22.3 Å². The minimum absolute atomic E-state index is 0.491. The van der Waals surface area contributed by atoms with Crippen molar-refractivity contribution in [2.24, 2.45) is 0 Å². The maximum Gasteiger partial charge on any atom is 0.128 e. The van der Waals surface area contributed by atoms with Crippen LogP contribution in [0.2, 0.25) is 0 Å². The lowest BCUT2D eigenvalue weighted by Crippen LogP contribution is -2.45. The number of rotatable bonds is 5. The van der Waals surface area contributed by atoms with Gasteiger partial charge in [-0.2, -0.15) is 0 Å². The first-order valence-electron chi connectivity index (χ1n) is 7.47. The summed E-state index contributed by atoms with van der Waals surface area (Å²) in [6.45, 7) is 11.3. The number of hydrogen-bond donors (Lipinski definition) is 2. The van der Waals surface area contributed by atoms with Crippen molar-refractivity contribution in [1.82, 2.24) is 10.2 Å². The van der Waals surface area contributed by atoms with Gasteiger partial charge in [-0.05, 0) is 31.9 Å². The number of ether oxygens (including phenoxy) is 1. The van der Waals surface area contributed by atoms with Crippen molar-refractivity contribution < 1.29 is 9.84 Å². The van der Waals surface area contributed by atoms with Crippen LogP contribution in [0.15, 0.2) is 12.1 Å². The molecule has 1 aliphatic heterocycles. The number of benzene rings is 1. The molecule has 1 aromatic carbocycles. The molecule has 0 bridgehead atoms. The van der Waals surface area contributed by atoms with Crippen molar-refractivity contribution in [3.8, 4) is 5.75 Å². The summed E-state index contributed by atoms with van der Waals surface area (Å²) in [6.07, 6.45) is -0.491. The van der Waals surface area contributed by atoms with Crippen LogP contribution in [0.3, 0.4) is 0 Å². The molecular formula is C16H26N2O2. The highest BCUT2D eigenvalue weighted by Gasteiger charge is 2.21. The average molecular weight is 278 g/mol. The summed E-state index contributed by atoms with van der Waals surface area (Å²) in [5, 5.41) is 14.0. The summed E-state index contributed by atoms with van der Waals surface area (Å²) < 4.78 is 5.77. The van der Waals surface area contributed by atoms with Crippen molar-refractivity contribution in [2.45, 2.75) is 26.9 Å². The molecule has 0 spiro atoms. The number of nitrogens with zero attached hydrogens (tertiary/aromatic N) is 1. The second-order valence-corrected chi connectivity index (χ2v) is 5.44. The van der Waals surface area contributed by atoms with Crippen LogP contribution in [0.1, 0.15) is 29.7 Å². The third kappa shape index (κ3) is 3.51. The first-order valence-corrected chi connectivity index (χ1v) is 7.47. The van der Waals surface area contributed by atoms with E-state index in [1.807, 2.05) is 20.8 Å². The van der Waals surface area contributed by atoms with E-state index in [1.54, 1.807) is 0 Å². The van der Waals surface area contributed by atoms with Crippen molar-refractivity contribution in [3.05, 3.63) is 28.8 Å². The molecule has 2 rings (SSSR count). The lowest BCUT2D eigenvalue weighted by Gasteiger charge is -2.30. The fourth-order valence-electron chi connectivity index (χ4n) is 2.79. The molecule has 0 aromatic heterocycles. The largest absolute Gasteiger partial charge is 0.493 e. The molecule has 1 heterocycles. The molecule has 1 saturated heterocycles. The van der Waals surface area contributed by atoms with Gasteiger partial charge >= 0.3 is 0 Å². The van der Waals surface area contributed by atoms with Crippen LogP contribution in [0.4, 0.5) is 0 Å². The summed E-state index contributed by atoms with van der Waals surface area (Å²) in [4.78, 5) is 2.30. The standard InChI is InChI=1S/C16H26N2O2/c1-4-20-16-13(3)6-5-12(2)15(16)14(19)11-18-9-7-17-8-10-18/h5-6,14,17,19H,4,7-11H2,1-3H3. The molecular weight excluding hydrogens is 252 g/mol. The zero-order chi connectivity index (χ0) is 14.5. The van der Waals surface area contributed by atoms with Gasteiger partial charge in [-0.1, -0.05) is 12.1 Å². The van der Waals surface area contributed by atoms with E-state index in [9.17, 15) is 5.11 Å². The van der Waals surface area contributed by atoms with E-state index in [-0.39, 0.29) is 0 Å². The third-order valence-electron chi connectivity index (χ3n) is 3.87. The van der Waals surface area contributed by atoms with Gasteiger partial charge in [0.25, 0.3) is 0 Å². The Hall–Kier alpha value is -1.10. The summed E-state index contributed by atoms with van der Waals surface area (Å²) in [6, 6.07) is 4.12. The molecule has 0 radical (unpaired) electrons. The highest BCUT2D eigenvalue weighted by Crippen LogP contribution is 2.32. The minimum Gasteiger partial charge on any atom is -0.493 e. The highest BCUT2D eigenvalue weighted by atomic mass is 16.5. The molecule has 0 saturated carbocycles. The summed E-state index contributed by atoms with van der Waals surface area (Å²) in [5.41, 5.74) is 3.14. The van der Waals surface area contributed by atoms with Gasteiger partial charge in [-0.25, -0.2) is 0 Å². The van der Waals surface area contributed by atoms with Crippen LogP contribution < -0.4 is 10.1 Å². The third-order valence-corrected chi connectivity index (χ3v) is 3.87. The molecule has 1 fully saturated rings. The van der Waals surface area contributed by atoms with E-state index in [0.717, 1.165) is 48.6 Å². The first-order chi connectivity index (χ1) is 9.63. The van der Waals surface area contributed by atoms with Gasteiger partial charge in [-0.3, -0.25) is 4.90 Å². The lowest BCUT2D eigenvalue weighted by molar-refractivity contribution is 0.102. The Morgan fingerprint density at radius 1 is 1.25 bits per heavy atom. The normalized spacial score (nSPS) is 18.0. The van der Waals surface area contributed by atoms with Gasteiger partial charge in [0.2, 0.25) is 0 Å². The van der Waals surface area contributed by atoms with Gasteiger partial charge in [0, 0.05) is 38.3 Å². The maximum absolute atomic E-state index is 10.6. The molecule has 0 aliphatic carbocycles. The van der Waals surface area contributed by atoms with Crippen LogP contribution in [-0.2, 0) is 0 Å². The van der Waals surface area contributed by atoms with Gasteiger partial charge in [0.1, 0.15) is 5.75 Å². The summed E-state index contributed by atoms with van der Waals surface area (Å²) >= 11 is 0. The fourth-order valence-corrected chi connectivity index (χ4v) is 2.79. The molecule has 1 aliphatic rings.